The molecule has 2 aliphatic rings. The average molecular weight is 435 g/mol. The molecule has 3 N–H and O–H groups in total. The van der Waals surface area contributed by atoms with Gasteiger partial charge in [0.1, 0.15) is 12.4 Å². The van der Waals surface area contributed by atoms with Crippen molar-refractivity contribution < 1.29 is 14.3 Å². The van der Waals surface area contributed by atoms with E-state index in [-0.39, 0.29) is 12.1 Å². The number of carbonyl (C=O) groups excluding carboxylic acids is 1. The molecule has 32 heavy (non-hydrogen) atoms. The molecule has 1 aromatic heterocycles. The van der Waals surface area contributed by atoms with Crippen LogP contribution in [0.2, 0.25) is 0 Å². The van der Waals surface area contributed by atoms with E-state index in [4.69, 9.17) is 15.2 Å². The van der Waals surface area contributed by atoms with E-state index in [1.807, 2.05) is 13.0 Å². The van der Waals surface area contributed by atoms with Crippen molar-refractivity contribution in [2.75, 3.05) is 43.3 Å². The van der Waals surface area contributed by atoms with Crippen LogP contribution in [0.1, 0.15) is 18.1 Å². The molecule has 3 heterocycles. The van der Waals surface area contributed by atoms with Gasteiger partial charge in [-0.1, -0.05) is 0 Å². The summed E-state index contributed by atoms with van der Waals surface area (Å²) in [5.74, 6) is 1.17. The number of nitrogens with one attached hydrogen (secondary N) is 1. The van der Waals surface area contributed by atoms with E-state index < -0.39 is 0 Å². The largest absolute Gasteiger partial charge is 0.495 e. The molecule has 3 aromatic rings. The van der Waals surface area contributed by atoms with Gasteiger partial charge in [0.2, 0.25) is 5.95 Å². The molecule has 1 saturated heterocycles. The Kier molecular flexibility index (Phi) is 4.97. The predicted molar refractivity (Wildman–Crippen MR) is 124 cm³/mol. The number of methoxy groups -OCH3 is 1. The second kappa shape index (κ2) is 7.83. The highest BCUT2D eigenvalue weighted by atomic mass is 16.6. The first kappa shape index (κ1) is 20.3. The molecule has 1 atom stereocenters. The summed E-state index contributed by atoms with van der Waals surface area (Å²) in [6.45, 7) is 4.19. The summed E-state index contributed by atoms with van der Waals surface area (Å²) >= 11 is 0. The number of nitrogens with two attached hydrogens (primary N) is 1. The minimum atomic E-state index is -0.382. The Morgan fingerprint density at radius 2 is 2.09 bits per heavy atom. The monoisotopic (exact) mass is 434 g/mol. The molecule has 1 fully saturated rings. The second-order valence-corrected chi connectivity index (χ2v) is 8.39. The van der Waals surface area contributed by atoms with Crippen LogP contribution in [0.3, 0.4) is 0 Å². The van der Waals surface area contributed by atoms with Gasteiger partial charge in [-0.15, -0.1) is 0 Å². The van der Waals surface area contributed by atoms with Crippen LogP contribution in [-0.4, -0.2) is 54.3 Å². The van der Waals surface area contributed by atoms with Crippen LogP contribution in [0.5, 0.6) is 5.75 Å². The van der Waals surface area contributed by atoms with Gasteiger partial charge in [0, 0.05) is 30.4 Å². The van der Waals surface area contributed by atoms with Crippen molar-refractivity contribution in [3.63, 3.8) is 0 Å². The van der Waals surface area contributed by atoms with Gasteiger partial charge in [-0.2, -0.15) is 0 Å². The van der Waals surface area contributed by atoms with E-state index in [0.717, 1.165) is 36.3 Å². The number of hydrogen-bond donors (Lipinski definition) is 2. The standard InChI is InChI=1S/C23H26N6O3/c1-13-12-32-23(30)29(13)16-8-18(24)17-10-25-22(26-19(17)9-16)27-20-6-15-11-28(2)5-4-14(15)7-21(20)31-3/h6-10,13H,4-5,11-12,24H2,1-3H3,(H,25,26,27)/t13-/m0/s1. The molecule has 2 aromatic carbocycles. The number of carbonyl (C=O) groups is 1. The van der Waals surface area contributed by atoms with Crippen molar-refractivity contribution in [3.05, 3.63) is 41.6 Å². The highest BCUT2D eigenvalue weighted by molar-refractivity contribution is 5.98. The molecule has 0 radical (unpaired) electrons. The molecule has 9 heteroatoms. The third-order valence-electron chi connectivity index (χ3n) is 6.05. The molecule has 9 nitrogen and oxygen atoms in total. The minimum absolute atomic E-state index is 0.0725. The molecule has 0 unspecified atom stereocenters. The Labute approximate surface area is 186 Å². The summed E-state index contributed by atoms with van der Waals surface area (Å²) in [4.78, 5) is 25.2. The van der Waals surface area contributed by atoms with Gasteiger partial charge in [0.05, 0.1) is 30.0 Å². The summed E-state index contributed by atoms with van der Waals surface area (Å²) in [7, 11) is 3.78. The predicted octanol–water partition coefficient (Wildman–Crippen LogP) is 3.30. The summed E-state index contributed by atoms with van der Waals surface area (Å²) in [5.41, 5.74) is 11.4. The second-order valence-electron chi connectivity index (χ2n) is 8.39. The lowest BCUT2D eigenvalue weighted by Crippen LogP contribution is -2.30. The van der Waals surface area contributed by atoms with Gasteiger partial charge >= 0.3 is 6.09 Å². The molecule has 1 amide bonds. The topological polar surface area (TPSA) is 106 Å². The number of cyclic esters (lactones) is 1. The SMILES string of the molecule is COc1cc2c(cc1Nc1ncc3c(N)cc(N4C(=O)OC[C@@H]4C)cc3n1)CN(C)CC2. The normalized spacial score (nSPS) is 18.5. The van der Waals surface area contributed by atoms with E-state index in [1.54, 1.807) is 24.3 Å². The van der Waals surface area contributed by atoms with E-state index in [2.05, 4.69) is 39.4 Å². The summed E-state index contributed by atoms with van der Waals surface area (Å²) < 4.78 is 10.8. The first-order valence-electron chi connectivity index (χ1n) is 10.6. The number of fused-ring (bicyclic) bond motifs is 2. The number of aromatic nitrogens is 2. The fourth-order valence-corrected chi connectivity index (χ4v) is 4.34. The van der Waals surface area contributed by atoms with Crippen molar-refractivity contribution in [2.45, 2.75) is 25.9 Å². The van der Waals surface area contributed by atoms with Crippen LogP contribution in [0.4, 0.5) is 27.8 Å². The molecule has 0 spiro atoms. The zero-order chi connectivity index (χ0) is 22.4. The minimum Gasteiger partial charge on any atom is -0.495 e. The first-order chi connectivity index (χ1) is 15.4. The molecule has 5 rings (SSSR count). The lowest BCUT2D eigenvalue weighted by molar-refractivity contribution is 0.179. The highest BCUT2D eigenvalue weighted by Crippen LogP contribution is 2.34. The third kappa shape index (κ3) is 3.54. The Morgan fingerprint density at radius 1 is 1.25 bits per heavy atom. The number of benzene rings is 2. The van der Waals surface area contributed by atoms with E-state index in [1.165, 1.54) is 11.1 Å². The van der Waals surface area contributed by atoms with Crippen molar-refractivity contribution in [3.8, 4) is 5.75 Å². The van der Waals surface area contributed by atoms with Crippen molar-refractivity contribution >= 4 is 40.0 Å². The van der Waals surface area contributed by atoms with Crippen LogP contribution in [0.25, 0.3) is 10.9 Å². The first-order valence-corrected chi connectivity index (χ1v) is 10.6. The molecule has 2 aliphatic heterocycles. The van der Waals surface area contributed by atoms with Gasteiger partial charge in [-0.3, -0.25) is 4.90 Å². The van der Waals surface area contributed by atoms with E-state index >= 15 is 0 Å². The maximum atomic E-state index is 12.2. The summed E-state index contributed by atoms with van der Waals surface area (Å²) in [6, 6.07) is 7.70. The highest BCUT2D eigenvalue weighted by Gasteiger charge is 2.31. The van der Waals surface area contributed by atoms with Crippen molar-refractivity contribution in [1.29, 1.82) is 0 Å². The summed E-state index contributed by atoms with van der Waals surface area (Å²) in [6.07, 6.45) is 2.30. The van der Waals surface area contributed by atoms with Gasteiger partial charge in [0.15, 0.2) is 0 Å². The molecule has 0 bridgehead atoms. The number of anilines is 4. The smallest absolute Gasteiger partial charge is 0.414 e. The average Bonchev–Trinajstić information content (AvgIpc) is 3.11. The van der Waals surface area contributed by atoms with E-state index in [9.17, 15) is 4.79 Å². The maximum Gasteiger partial charge on any atom is 0.414 e. The van der Waals surface area contributed by atoms with Crippen LogP contribution in [0, 0.1) is 0 Å². The lowest BCUT2D eigenvalue weighted by Gasteiger charge is -2.26. The number of hydrogen-bond acceptors (Lipinski definition) is 8. The zero-order valence-electron chi connectivity index (χ0n) is 18.4. The summed E-state index contributed by atoms with van der Waals surface area (Å²) in [5, 5.41) is 4.02. The number of nitrogen functional groups attached to an aromatic ring is 1. The maximum absolute atomic E-state index is 12.2. The van der Waals surface area contributed by atoms with Crippen molar-refractivity contribution in [1.82, 2.24) is 14.9 Å². The van der Waals surface area contributed by atoms with E-state index in [0.29, 0.717) is 29.4 Å². The molecule has 0 aliphatic carbocycles. The van der Waals surface area contributed by atoms with Crippen LogP contribution >= 0.6 is 0 Å². The third-order valence-corrected chi connectivity index (χ3v) is 6.05. The van der Waals surface area contributed by atoms with Gasteiger partial charge < -0.3 is 25.4 Å². The number of nitrogens with zero attached hydrogens (tertiary/aromatic N) is 4. The molecular formula is C23H26N6O3. The molecular weight excluding hydrogens is 408 g/mol. The number of ether oxygens (including phenoxy) is 2. The molecule has 166 valence electrons. The van der Waals surface area contributed by atoms with Crippen LogP contribution in [0.15, 0.2) is 30.5 Å². The van der Waals surface area contributed by atoms with Gasteiger partial charge in [-0.05, 0) is 55.8 Å². The fourth-order valence-electron chi connectivity index (χ4n) is 4.34. The number of rotatable bonds is 4. The van der Waals surface area contributed by atoms with Gasteiger partial charge in [0.25, 0.3) is 0 Å². The zero-order valence-corrected chi connectivity index (χ0v) is 18.4. The Hall–Kier alpha value is -3.59. The van der Waals surface area contributed by atoms with Crippen LogP contribution in [-0.2, 0) is 17.7 Å². The number of likely N-dealkylation sites (N-methyl/N-ethyl adjacent to an activating group) is 1. The molecule has 0 saturated carbocycles. The Morgan fingerprint density at radius 3 is 2.84 bits per heavy atom. The lowest BCUT2D eigenvalue weighted by atomic mass is 9.99. The number of amides is 1. The Bertz CT molecular complexity index is 1210. The fraction of sp³-hybridized carbons (Fsp3) is 0.348. The quantitative estimate of drug-likeness (QED) is 0.603. The van der Waals surface area contributed by atoms with Crippen LogP contribution < -0.4 is 20.7 Å². The van der Waals surface area contributed by atoms with Crippen molar-refractivity contribution in [2.24, 2.45) is 0 Å². The van der Waals surface area contributed by atoms with Gasteiger partial charge in [-0.25, -0.2) is 14.8 Å². The Balaban J connectivity index is 1.51.